The van der Waals surface area contributed by atoms with E-state index in [9.17, 15) is 31.5 Å². The zero-order chi connectivity index (χ0) is 27.7. The molecule has 2 amide bonds. The van der Waals surface area contributed by atoms with Gasteiger partial charge in [0.05, 0.1) is 18.4 Å². The average Bonchev–Trinajstić information content (AvgIpc) is 3.52. The largest absolute Gasteiger partial charge is 0.467 e. The number of amides is 2. The second-order valence-corrected chi connectivity index (χ2v) is 9.33. The van der Waals surface area contributed by atoms with Gasteiger partial charge < -0.3 is 20.8 Å². The first-order chi connectivity index (χ1) is 18.0. The predicted molar refractivity (Wildman–Crippen MR) is 132 cm³/mol. The number of halogens is 5. The molecule has 1 atom stereocenters. The van der Waals surface area contributed by atoms with Gasteiger partial charge in [-0.1, -0.05) is 29.5 Å². The van der Waals surface area contributed by atoms with E-state index < -0.39 is 51.8 Å². The minimum absolute atomic E-state index is 0.0127. The Kier molecular flexibility index (Phi) is 7.58. The molecule has 1 aliphatic rings. The van der Waals surface area contributed by atoms with E-state index in [4.69, 9.17) is 10.2 Å². The van der Waals surface area contributed by atoms with Crippen molar-refractivity contribution in [1.29, 1.82) is 0 Å². The highest BCUT2D eigenvalue weighted by Gasteiger charge is 2.39. The average molecular weight is 551 g/mol. The topological polar surface area (TPSA) is 110 Å². The number of furan rings is 1. The van der Waals surface area contributed by atoms with Gasteiger partial charge in [-0.25, -0.2) is 22.0 Å². The van der Waals surface area contributed by atoms with Crippen LogP contribution in [0.15, 0.2) is 57.3 Å². The number of carbonyl (C=O) groups excluding carboxylic acids is 2. The quantitative estimate of drug-likeness (QED) is 0.225. The third-order valence-corrected chi connectivity index (χ3v) is 6.79. The number of nitrogens with one attached hydrogen (secondary N) is 2. The molecule has 198 valence electrons. The molecule has 4 N–H and O–H groups in total. The molecule has 0 fully saturated rings. The normalized spacial score (nSPS) is 16.3. The molecule has 0 spiro atoms. The fourth-order valence-corrected chi connectivity index (χ4v) is 4.72. The molecular formula is C25H19F5N4O3S. The number of rotatable bonds is 6. The lowest BCUT2D eigenvalue weighted by atomic mass is 10.1. The molecule has 0 unspecified atom stereocenters. The molecular weight excluding hydrogens is 531 g/mol. The molecule has 0 bridgehead atoms. The zero-order valence-corrected chi connectivity index (χ0v) is 20.6. The lowest BCUT2D eigenvalue weighted by Crippen LogP contribution is -2.30. The number of nitrogens with zero attached hydrogens (tertiary/aromatic N) is 1. The number of hydrogen-bond acceptors (Lipinski definition) is 6. The Morgan fingerprint density at radius 1 is 1.00 bits per heavy atom. The highest BCUT2D eigenvalue weighted by Crippen LogP contribution is 2.36. The van der Waals surface area contributed by atoms with E-state index >= 15 is 0 Å². The van der Waals surface area contributed by atoms with Crippen LogP contribution < -0.4 is 16.4 Å². The number of carbonyl (C=O) groups is 2. The fourth-order valence-electron chi connectivity index (χ4n) is 3.62. The first kappa shape index (κ1) is 26.9. The Balaban J connectivity index is 1.68. The van der Waals surface area contributed by atoms with Crippen LogP contribution in [-0.2, 0) is 16.1 Å². The number of hydrogen-bond donors (Lipinski definition) is 3. The smallest absolute Gasteiger partial charge is 0.260 e. The second kappa shape index (κ2) is 10.7. The van der Waals surface area contributed by atoms with Crippen molar-refractivity contribution in [3.63, 3.8) is 0 Å². The molecule has 4 rings (SSSR count). The van der Waals surface area contributed by atoms with E-state index in [1.165, 1.54) is 6.26 Å². The standard InChI is InChI=1S/C25H19F5N4O3S/c1-10-5-6-13(11(2)8-10)33-23(35)14-20(31)22(38-25(14)32-9-12-4-3-7-37-12)24(36)34-21-18(29)16(27)15(26)17(28)19(21)30/h3-8,22H,9,31H2,1-2H3,(H,33,35)(H,34,36)/t22-/m0/s1. The molecule has 0 radical (unpaired) electrons. The number of benzene rings is 2. The van der Waals surface area contributed by atoms with E-state index in [0.717, 1.165) is 11.1 Å². The molecule has 13 heteroatoms. The fraction of sp³-hybridized carbons (Fsp3) is 0.160. The Labute approximate surface area is 217 Å². The number of aryl methyl sites for hydroxylation is 2. The van der Waals surface area contributed by atoms with E-state index in [1.54, 1.807) is 36.5 Å². The van der Waals surface area contributed by atoms with Crippen molar-refractivity contribution in [3.8, 4) is 0 Å². The van der Waals surface area contributed by atoms with Crippen LogP contribution in [0.4, 0.5) is 33.3 Å². The predicted octanol–water partition coefficient (Wildman–Crippen LogP) is 5.10. The van der Waals surface area contributed by atoms with Crippen LogP contribution >= 0.6 is 11.8 Å². The molecule has 3 aromatic rings. The van der Waals surface area contributed by atoms with E-state index in [1.807, 2.05) is 13.0 Å². The van der Waals surface area contributed by atoms with Crippen LogP contribution in [0.1, 0.15) is 16.9 Å². The Bertz CT molecular complexity index is 1480. The summed E-state index contributed by atoms with van der Waals surface area (Å²) in [5.74, 6) is -12.8. The molecule has 7 nitrogen and oxygen atoms in total. The van der Waals surface area contributed by atoms with Crippen molar-refractivity contribution < 1.29 is 36.0 Å². The molecule has 2 heterocycles. The van der Waals surface area contributed by atoms with Crippen molar-refractivity contribution in [3.05, 3.63) is 93.8 Å². The SMILES string of the molecule is Cc1ccc(NC(=O)C2=C(N)[C@@H](C(=O)Nc3c(F)c(F)c(F)c(F)c3F)SC2=NCc2ccco2)c(C)c1. The third kappa shape index (κ3) is 5.14. The van der Waals surface area contributed by atoms with E-state index in [0.29, 0.717) is 23.2 Å². The first-order valence-electron chi connectivity index (χ1n) is 10.9. The van der Waals surface area contributed by atoms with Gasteiger partial charge in [0.1, 0.15) is 21.7 Å². The van der Waals surface area contributed by atoms with Crippen LogP contribution in [0.5, 0.6) is 0 Å². The zero-order valence-electron chi connectivity index (χ0n) is 19.8. The van der Waals surface area contributed by atoms with Crippen molar-refractivity contribution in [2.45, 2.75) is 25.6 Å². The summed E-state index contributed by atoms with van der Waals surface area (Å²) in [6, 6.07) is 8.53. The first-order valence-corrected chi connectivity index (χ1v) is 11.8. The van der Waals surface area contributed by atoms with Gasteiger partial charge in [-0.3, -0.25) is 14.6 Å². The number of aliphatic imine (C=N–C) groups is 1. The van der Waals surface area contributed by atoms with Gasteiger partial charge in [0.2, 0.25) is 11.7 Å². The maximum atomic E-state index is 14.1. The Morgan fingerprint density at radius 2 is 1.66 bits per heavy atom. The lowest BCUT2D eigenvalue weighted by molar-refractivity contribution is -0.115. The van der Waals surface area contributed by atoms with Crippen LogP contribution in [0.3, 0.4) is 0 Å². The molecule has 1 aliphatic heterocycles. The summed E-state index contributed by atoms with van der Waals surface area (Å²) in [6.07, 6.45) is 1.41. The summed E-state index contributed by atoms with van der Waals surface area (Å²) in [5, 5.41) is 2.93. The van der Waals surface area contributed by atoms with Crippen LogP contribution in [0, 0.1) is 42.9 Å². The maximum Gasteiger partial charge on any atom is 0.260 e. The number of thioether (sulfide) groups is 1. The molecule has 1 aromatic heterocycles. The third-order valence-electron chi connectivity index (χ3n) is 5.53. The Hall–Kier alpha value is -4.13. The lowest BCUT2D eigenvalue weighted by Gasteiger charge is -2.14. The van der Waals surface area contributed by atoms with Crippen molar-refractivity contribution in [2.24, 2.45) is 10.7 Å². The van der Waals surface area contributed by atoms with Gasteiger partial charge in [0.25, 0.3) is 5.91 Å². The van der Waals surface area contributed by atoms with Crippen molar-refractivity contribution in [2.75, 3.05) is 10.6 Å². The van der Waals surface area contributed by atoms with E-state index in [2.05, 4.69) is 10.3 Å². The molecule has 0 aliphatic carbocycles. The maximum absolute atomic E-state index is 14.1. The molecule has 2 aromatic carbocycles. The van der Waals surface area contributed by atoms with Gasteiger partial charge in [-0.2, -0.15) is 0 Å². The summed E-state index contributed by atoms with van der Waals surface area (Å²) < 4.78 is 74.1. The van der Waals surface area contributed by atoms with Crippen molar-refractivity contribution >= 4 is 40.0 Å². The van der Waals surface area contributed by atoms with Crippen LogP contribution in [-0.4, -0.2) is 22.1 Å². The highest BCUT2D eigenvalue weighted by molar-refractivity contribution is 8.16. The van der Waals surface area contributed by atoms with Crippen LogP contribution in [0.25, 0.3) is 0 Å². The molecule has 0 saturated carbocycles. The minimum Gasteiger partial charge on any atom is -0.467 e. The van der Waals surface area contributed by atoms with Gasteiger partial charge in [0, 0.05) is 11.4 Å². The summed E-state index contributed by atoms with van der Waals surface area (Å²) in [4.78, 5) is 30.4. The van der Waals surface area contributed by atoms with Gasteiger partial charge in [0.15, 0.2) is 23.3 Å². The number of anilines is 2. The van der Waals surface area contributed by atoms with Crippen LogP contribution in [0.2, 0.25) is 0 Å². The molecule has 38 heavy (non-hydrogen) atoms. The van der Waals surface area contributed by atoms with Gasteiger partial charge >= 0.3 is 0 Å². The summed E-state index contributed by atoms with van der Waals surface area (Å²) in [6.45, 7) is 3.62. The molecule has 0 saturated heterocycles. The summed E-state index contributed by atoms with van der Waals surface area (Å²) in [5.41, 5.74) is 6.26. The minimum atomic E-state index is -2.37. The Morgan fingerprint density at radius 3 is 2.26 bits per heavy atom. The van der Waals surface area contributed by atoms with Crippen molar-refractivity contribution in [1.82, 2.24) is 0 Å². The second-order valence-electron chi connectivity index (χ2n) is 8.24. The summed E-state index contributed by atoms with van der Waals surface area (Å²) >= 11 is 0.675. The summed E-state index contributed by atoms with van der Waals surface area (Å²) in [7, 11) is 0. The van der Waals surface area contributed by atoms with E-state index in [-0.39, 0.29) is 22.9 Å². The highest BCUT2D eigenvalue weighted by atomic mass is 32.2. The van der Waals surface area contributed by atoms with Gasteiger partial charge in [-0.05, 0) is 37.6 Å². The van der Waals surface area contributed by atoms with Gasteiger partial charge in [-0.15, -0.1) is 0 Å². The number of nitrogens with two attached hydrogens (primary N) is 1. The monoisotopic (exact) mass is 550 g/mol.